The van der Waals surface area contributed by atoms with Crippen molar-refractivity contribution in [1.82, 2.24) is 10.3 Å². The van der Waals surface area contributed by atoms with Crippen LogP contribution in [-0.4, -0.2) is 17.4 Å². The Morgan fingerprint density at radius 2 is 2.10 bits per heavy atom. The fraction of sp³-hybridized carbons (Fsp3) is 0.667. The van der Waals surface area contributed by atoms with Gasteiger partial charge in [-0.05, 0) is 30.9 Å². The molecule has 2 atom stereocenters. The van der Waals surface area contributed by atoms with Gasteiger partial charge in [0.05, 0.1) is 0 Å². The molecule has 0 spiro atoms. The van der Waals surface area contributed by atoms with E-state index in [1.807, 2.05) is 18.2 Å². The molecule has 2 rings (SSSR count). The van der Waals surface area contributed by atoms with Crippen LogP contribution in [0.3, 0.4) is 0 Å². The van der Waals surface area contributed by atoms with Gasteiger partial charge in [-0.3, -0.25) is 9.78 Å². The normalized spacial score (nSPS) is 21.1. The number of nitrogens with zero attached hydrogens (tertiary/aromatic N) is 1. The van der Waals surface area contributed by atoms with E-state index in [0.717, 1.165) is 25.0 Å². The molecule has 21 heavy (non-hydrogen) atoms. The molecule has 1 saturated carbocycles. The molecule has 0 aromatic carbocycles. The largest absolute Gasteiger partial charge is 0.355 e. The van der Waals surface area contributed by atoms with Gasteiger partial charge in [0.1, 0.15) is 0 Å². The third-order valence-electron chi connectivity index (χ3n) is 3.71. The van der Waals surface area contributed by atoms with Crippen LogP contribution in [0.5, 0.6) is 0 Å². The summed E-state index contributed by atoms with van der Waals surface area (Å²) in [5.74, 6) is 1.17. The number of carbonyl (C=O) groups excluding carboxylic acids is 1. The monoisotopic (exact) mass is 290 g/mol. The Morgan fingerprint density at radius 3 is 2.71 bits per heavy atom. The molecule has 1 aromatic heterocycles. The van der Waals surface area contributed by atoms with Gasteiger partial charge in [0.2, 0.25) is 5.91 Å². The molecule has 0 aliphatic heterocycles. The van der Waals surface area contributed by atoms with Crippen LogP contribution < -0.4 is 5.32 Å². The van der Waals surface area contributed by atoms with Crippen LogP contribution in [0, 0.1) is 11.8 Å². The van der Waals surface area contributed by atoms with Gasteiger partial charge in [0.25, 0.3) is 0 Å². The van der Waals surface area contributed by atoms with Gasteiger partial charge in [-0.1, -0.05) is 46.1 Å². The maximum Gasteiger partial charge on any atom is 0.223 e. The zero-order chi connectivity index (χ0) is 15.5. The van der Waals surface area contributed by atoms with Crippen molar-refractivity contribution < 1.29 is 4.79 Å². The summed E-state index contributed by atoms with van der Waals surface area (Å²) < 4.78 is 0. The molecule has 1 unspecified atom stereocenters. The highest BCUT2D eigenvalue weighted by molar-refractivity contribution is 5.78. The van der Waals surface area contributed by atoms with Crippen LogP contribution in [0.25, 0.3) is 0 Å². The van der Waals surface area contributed by atoms with Crippen LogP contribution in [0.2, 0.25) is 0 Å². The average Bonchev–Trinajstić information content (AvgIpc) is 2.49. The van der Waals surface area contributed by atoms with Gasteiger partial charge in [0, 0.05) is 30.8 Å². The summed E-state index contributed by atoms with van der Waals surface area (Å²) in [5, 5.41) is 3.04. The van der Waals surface area contributed by atoms with Crippen molar-refractivity contribution in [2.24, 2.45) is 11.8 Å². The second kappa shape index (κ2) is 10.4. The molecule has 1 fully saturated rings. The zero-order valence-electron chi connectivity index (χ0n) is 13.8. The van der Waals surface area contributed by atoms with E-state index < -0.39 is 0 Å². The maximum absolute atomic E-state index is 12.0. The number of pyridine rings is 1. The van der Waals surface area contributed by atoms with Gasteiger partial charge >= 0.3 is 0 Å². The summed E-state index contributed by atoms with van der Waals surface area (Å²) in [4.78, 5) is 16.3. The molecule has 1 aliphatic rings. The third kappa shape index (κ3) is 7.26. The van der Waals surface area contributed by atoms with Crippen LogP contribution >= 0.6 is 0 Å². The van der Waals surface area contributed by atoms with E-state index in [1.165, 1.54) is 19.3 Å². The molecular weight excluding hydrogens is 260 g/mol. The summed E-state index contributed by atoms with van der Waals surface area (Å²) in [5.41, 5.74) is 1.04. The minimum Gasteiger partial charge on any atom is -0.355 e. The van der Waals surface area contributed by atoms with Gasteiger partial charge in [0.15, 0.2) is 0 Å². The van der Waals surface area contributed by atoms with E-state index in [9.17, 15) is 4.79 Å². The van der Waals surface area contributed by atoms with Gasteiger partial charge in [-0.15, -0.1) is 0 Å². The van der Waals surface area contributed by atoms with Gasteiger partial charge < -0.3 is 5.32 Å². The van der Waals surface area contributed by atoms with Crippen LogP contribution in [-0.2, 0) is 11.2 Å². The van der Waals surface area contributed by atoms with Crippen molar-refractivity contribution in [2.75, 3.05) is 6.54 Å². The first-order chi connectivity index (χ1) is 10.2. The Morgan fingerprint density at radius 1 is 1.33 bits per heavy atom. The predicted molar refractivity (Wildman–Crippen MR) is 88.0 cm³/mol. The lowest BCUT2D eigenvalue weighted by Crippen LogP contribution is -2.34. The molecular formula is C18H30N2O. The number of nitrogens with one attached hydrogen (secondary N) is 1. The van der Waals surface area contributed by atoms with Gasteiger partial charge in [-0.2, -0.15) is 0 Å². The van der Waals surface area contributed by atoms with Crippen LogP contribution in [0.15, 0.2) is 24.4 Å². The average molecular weight is 290 g/mol. The first-order valence-corrected chi connectivity index (χ1v) is 8.34. The van der Waals surface area contributed by atoms with Crippen molar-refractivity contribution in [3.05, 3.63) is 30.1 Å². The van der Waals surface area contributed by atoms with E-state index in [-0.39, 0.29) is 11.8 Å². The summed E-state index contributed by atoms with van der Waals surface area (Å²) in [6.07, 6.45) is 8.43. The first-order valence-electron chi connectivity index (χ1n) is 8.34. The summed E-state index contributed by atoms with van der Waals surface area (Å²) in [6.45, 7) is 7.19. The van der Waals surface area contributed by atoms with E-state index >= 15 is 0 Å². The number of hydrogen-bond donors (Lipinski definition) is 1. The molecule has 1 heterocycles. The number of amides is 1. The highest BCUT2D eigenvalue weighted by Gasteiger charge is 2.24. The predicted octanol–water partition coefficient (Wildman–Crippen LogP) is 3.98. The molecule has 3 nitrogen and oxygen atoms in total. The molecule has 0 saturated heterocycles. The number of aromatic nitrogens is 1. The smallest absolute Gasteiger partial charge is 0.223 e. The lowest BCUT2D eigenvalue weighted by Gasteiger charge is -2.25. The fourth-order valence-electron chi connectivity index (χ4n) is 2.68. The number of rotatable bonds is 4. The lowest BCUT2D eigenvalue weighted by molar-refractivity contribution is -0.126. The highest BCUT2D eigenvalue weighted by Crippen LogP contribution is 2.28. The van der Waals surface area contributed by atoms with Crippen molar-refractivity contribution in [1.29, 1.82) is 0 Å². The van der Waals surface area contributed by atoms with E-state index in [0.29, 0.717) is 12.5 Å². The Bertz CT molecular complexity index is 391. The Hall–Kier alpha value is -1.38. The van der Waals surface area contributed by atoms with Crippen molar-refractivity contribution >= 4 is 5.91 Å². The third-order valence-corrected chi connectivity index (χ3v) is 3.71. The SMILES string of the molecule is CC1CCC[C@H](C(=O)NCCc2ccccn2)C1.CCC. The molecule has 0 radical (unpaired) electrons. The minimum atomic E-state index is 0.234. The Kier molecular flexibility index (Phi) is 8.72. The topological polar surface area (TPSA) is 42.0 Å². The highest BCUT2D eigenvalue weighted by atomic mass is 16.1. The lowest BCUT2D eigenvalue weighted by atomic mass is 9.82. The molecule has 0 bridgehead atoms. The number of carbonyl (C=O) groups is 1. The fourth-order valence-corrected chi connectivity index (χ4v) is 2.68. The van der Waals surface area contributed by atoms with Crippen molar-refractivity contribution in [3.63, 3.8) is 0 Å². The molecule has 118 valence electrons. The second-order valence-electron chi connectivity index (χ2n) is 6.04. The van der Waals surface area contributed by atoms with E-state index in [2.05, 4.69) is 31.1 Å². The molecule has 1 aromatic rings. The first kappa shape index (κ1) is 17.7. The number of hydrogen-bond acceptors (Lipinski definition) is 2. The molecule has 1 aliphatic carbocycles. The van der Waals surface area contributed by atoms with Crippen LogP contribution in [0.1, 0.15) is 58.6 Å². The Labute approximate surface area is 129 Å². The Balaban J connectivity index is 0.000000677. The minimum absolute atomic E-state index is 0.234. The maximum atomic E-state index is 12.0. The van der Waals surface area contributed by atoms with Crippen molar-refractivity contribution in [2.45, 2.75) is 59.3 Å². The van der Waals surface area contributed by atoms with E-state index in [1.54, 1.807) is 6.20 Å². The quantitative estimate of drug-likeness (QED) is 0.911. The molecule has 1 amide bonds. The zero-order valence-corrected chi connectivity index (χ0v) is 13.8. The summed E-state index contributed by atoms with van der Waals surface area (Å²) in [7, 11) is 0. The summed E-state index contributed by atoms with van der Waals surface area (Å²) in [6, 6.07) is 5.88. The van der Waals surface area contributed by atoms with Gasteiger partial charge in [-0.25, -0.2) is 0 Å². The summed E-state index contributed by atoms with van der Waals surface area (Å²) >= 11 is 0. The molecule has 3 heteroatoms. The van der Waals surface area contributed by atoms with Crippen LogP contribution in [0.4, 0.5) is 0 Å². The second-order valence-corrected chi connectivity index (χ2v) is 6.04. The molecule has 1 N–H and O–H groups in total. The van der Waals surface area contributed by atoms with Crippen molar-refractivity contribution in [3.8, 4) is 0 Å². The van der Waals surface area contributed by atoms with E-state index in [4.69, 9.17) is 0 Å². The standard InChI is InChI=1S/C15H22N2O.C3H8/c1-12-5-4-6-13(11-12)15(18)17-10-8-14-7-2-3-9-16-14;1-3-2/h2-3,7,9,12-13H,4-6,8,10-11H2,1H3,(H,17,18);3H2,1-2H3/t12?,13-;/m0./s1.